The van der Waals surface area contributed by atoms with E-state index in [1.165, 1.54) is 0 Å². The van der Waals surface area contributed by atoms with Crippen molar-refractivity contribution in [2.24, 2.45) is 10.7 Å². The molecule has 2 aromatic carbocycles. The summed E-state index contributed by atoms with van der Waals surface area (Å²) in [5.74, 6) is 1.67. The van der Waals surface area contributed by atoms with Gasteiger partial charge in [0.1, 0.15) is 11.5 Å². The molecule has 142 valence electrons. The van der Waals surface area contributed by atoms with E-state index in [1.807, 2.05) is 42.5 Å². The Kier molecular flexibility index (Phi) is 8.49. The highest BCUT2D eigenvalue weighted by molar-refractivity contribution is 14.0. The summed E-state index contributed by atoms with van der Waals surface area (Å²) in [7, 11) is 3.21. The number of benzene rings is 2. The van der Waals surface area contributed by atoms with Crippen LogP contribution in [0.2, 0.25) is 5.02 Å². The van der Waals surface area contributed by atoms with Crippen molar-refractivity contribution in [1.82, 2.24) is 0 Å². The van der Waals surface area contributed by atoms with E-state index in [1.54, 1.807) is 14.2 Å². The highest BCUT2D eigenvalue weighted by Gasteiger charge is 2.20. The SMILES string of the molecule is COc1ccc(OC)c(NC(N)=NCC(C)(C)c2cccc(Cl)c2)c1.I. The van der Waals surface area contributed by atoms with Crippen LogP contribution in [0.25, 0.3) is 0 Å². The number of ether oxygens (including phenoxy) is 2. The van der Waals surface area contributed by atoms with Gasteiger partial charge in [-0.2, -0.15) is 0 Å². The third-order valence-electron chi connectivity index (χ3n) is 3.92. The summed E-state index contributed by atoms with van der Waals surface area (Å²) < 4.78 is 10.6. The second-order valence-electron chi connectivity index (χ2n) is 6.29. The molecule has 0 saturated heterocycles. The number of nitrogens with one attached hydrogen (secondary N) is 1. The topological polar surface area (TPSA) is 68.9 Å². The normalized spacial score (nSPS) is 11.5. The van der Waals surface area contributed by atoms with Gasteiger partial charge in [0.2, 0.25) is 0 Å². The molecular weight excluding hydrogens is 465 g/mol. The van der Waals surface area contributed by atoms with E-state index in [-0.39, 0.29) is 29.4 Å². The van der Waals surface area contributed by atoms with Crippen molar-refractivity contribution >= 4 is 47.2 Å². The van der Waals surface area contributed by atoms with Crippen LogP contribution >= 0.6 is 35.6 Å². The molecule has 0 spiro atoms. The van der Waals surface area contributed by atoms with Gasteiger partial charge in [0.05, 0.1) is 26.5 Å². The van der Waals surface area contributed by atoms with Gasteiger partial charge >= 0.3 is 0 Å². The Morgan fingerprint density at radius 1 is 1.15 bits per heavy atom. The number of halogens is 2. The van der Waals surface area contributed by atoms with Crippen molar-refractivity contribution in [2.75, 3.05) is 26.1 Å². The van der Waals surface area contributed by atoms with Gasteiger partial charge in [-0.3, -0.25) is 4.99 Å². The summed E-state index contributed by atoms with van der Waals surface area (Å²) in [6.07, 6.45) is 0. The molecule has 0 bridgehead atoms. The number of guanidine groups is 1. The summed E-state index contributed by atoms with van der Waals surface area (Å²) in [6, 6.07) is 13.2. The highest BCUT2D eigenvalue weighted by Crippen LogP contribution is 2.29. The maximum Gasteiger partial charge on any atom is 0.193 e. The Bertz CT molecular complexity index is 766. The summed E-state index contributed by atoms with van der Waals surface area (Å²) in [5, 5.41) is 3.78. The second-order valence-corrected chi connectivity index (χ2v) is 6.72. The molecule has 2 rings (SSSR count). The van der Waals surface area contributed by atoms with Crippen LogP contribution in [-0.2, 0) is 5.41 Å². The molecular formula is C19H25ClIN3O2. The maximum absolute atomic E-state index is 6.08. The van der Waals surface area contributed by atoms with Crippen LogP contribution in [0.4, 0.5) is 5.69 Å². The lowest BCUT2D eigenvalue weighted by Gasteiger charge is -2.23. The molecule has 0 fully saturated rings. The van der Waals surface area contributed by atoms with Crippen molar-refractivity contribution in [1.29, 1.82) is 0 Å². The predicted molar refractivity (Wildman–Crippen MR) is 120 cm³/mol. The molecule has 5 nitrogen and oxygen atoms in total. The van der Waals surface area contributed by atoms with E-state index in [0.29, 0.717) is 34.7 Å². The quantitative estimate of drug-likeness (QED) is 0.351. The van der Waals surface area contributed by atoms with E-state index in [9.17, 15) is 0 Å². The van der Waals surface area contributed by atoms with Gasteiger partial charge in [-0.1, -0.05) is 37.6 Å². The number of nitrogens with zero attached hydrogens (tertiary/aromatic N) is 1. The monoisotopic (exact) mass is 489 g/mol. The summed E-state index contributed by atoms with van der Waals surface area (Å²) in [5.41, 5.74) is 7.66. The second kappa shape index (κ2) is 9.87. The van der Waals surface area contributed by atoms with Crippen LogP contribution in [-0.4, -0.2) is 26.7 Å². The zero-order valence-corrected chi connectivity index (χ0v) is 18.5. The van der Waals surface area contributed by atoms with Crippen molar-refractivity contribution in [2.45, 2.75) is 19.3 Å². The molecule has 26 heavy (non-hydrogen) atoms. The largest absolute Gasteiger partial charge is 0.497 e. The molecule has 0 unspecified atom stereocenters. The number of hydrogen-bond acceptors (Lipinski definition) is 3. The minimum Gasteiger partial charge on any atom is -0.497 e. The number of rotatable bonds is 6. The van der Waals surface area contributed by atoms with Crippen molar-refractivity contribution in [3.8, 4) is 11.5 Å². The molecule has 0 aliphatic heterocycles. The summed E-state index contributed by atoms with van der Waals surface area (Å²) >= 11 is 6.08. The Morgan fingerprint density at radius 3 is 2.50 bits per heavy atom. The van der Waals surface area contributed by atoms with E-state index < -0.39 is 0 Å². The van der Waals surface area contributed by atoms with E-state index in [0.717, 1.165) is 5.56 Å². The molecule has 2 aromatic rings. The molecule has 0 atom stereocenters. The molecule has 0 aromatic heterocycles. The van der Waals surface area contributed by atoms with Crippen LogP contribution in [0.1, 0.15) is 19.4 Å². The van der Waals surface area contributed by atoms with Crippen LogP contribution in [0, 0.1) is 0 Å². The van der Waals surface area contributed by atoms with E-state index >= 15 is 0 Å². The number of nitrogens with two attached hydrogens (primary N) is 1. The van der Waals surface area contributed by atoms with Crippen LogP contribution in [0.15, 0.2) is 47.5 Å². The van der Waals surface area contributed by atoms with Gasteiger partial charge in [0.15, 0.2) is 5.96 Å². The molecule has 0 amide bonds. The van der Waals surface area contributed by atoms with Crippen molar-refractivity contribution in [3.63, 3.8) is 0 Å². The first kappa shape index (κ1) is 22.4. The van der Waals surface area contributed by atoms with E-state index in [4.69, 9.17) is 26.8 Å². The minimum atomic E-state index is -0.199. The first-order valence-electron chi connectivity index (χ1n) is 7.91. The van der Waals surface area contributed by atoms with Gasteiger partial charge in [-0.25, -0.2) is 0 Å². The number of anilines is 1. The molecule has 0 saturated carbocycles. The Hall–Kier alpha value is -1.67. The van der Waals surface area contributed by atoms with Gasteiger partial charge in [-0.05, 0) is 29.8 Å². The van der Waals surface area contributed by atoms with Crippen molar-refractivity contribution < 1.29 is 9.47 Å². The zero-order chi connectivity index (χ0) is 18.4. The molecule has 0 aliphatic rings. The number of hydrogen-bond donors (Lipinski definition) is 2. The lowest BCUT2D eigenvalue weighted by atomic mass is 9.85. The third kappa shape index (κ3) is 5.95. The third-order valence-corrected chi connectivity index (χ3v) is 4.16. The average Bonchev–Trinajstić information content (AvgIpc) is 2.60. The summed E-state index contributed by atoms with van der Waals surface area (Å²) in [6.45, 7) is 4.71. The number of aliphatic imine (C=N–C) groups is 1. The fourth-order valence-corrected chi connectivity index (χ4v) is 2.56. The van der Waals surface area contributed by atoms with Crippen LogP contribution < -0.4 is 20.5 Å². The standard InChI is InChI=1S/C19H24ClN3O2.HI/c1-19(2,13-6-5-7-14(20)10-13)12-22-18(21)23-16-11-15(24-3)8-9-17(16)25-4;/h5-11H,12H2,1-4H3,(H3,21,22,23);1H. The number of methoxy groups -OCH3 is 2. The molecule has 0 heterocycles. The fourth-order valence-electron chi connectivity index (χ4n) is 2.37. The van der Waals surface area contributed by atoms with Gasteiger partial charge < -0.3 is 20.5 Å². The van der Waals surface area contributed by atoms with Crippen molar-refractivity contribution in [3.05, 3.63) is 53.1 Å². The minimum absolute atomic E-state index is 0. The van der Waals surface area contributed by atoms with Gasteiger partial charge in [-0.15, -0.1) is 24.0 Å². The fraction of sp³-hybridized carbons (Fsp3) is 0.316. The highest BCUT2D eigenvalue weighted by atomic mass is 127. The van der Waals surface area contributed by atoms with Gasteiger partial charge in [0, 0.05) is 16.5 Å². The average molecular weight is 490 g/mol. The molecule has 3 N–H and O–H groups in total. The predicted octanol–water partition coefficient (Wildman–Crippen LogP) is 4.68. The molecule has 7 heteroatoms. The Labute approximate surface area is 177 Å². The van der Waals surface area contributed by atoms with Crippen LogP contribution in [0.5, 0.6) is 11.5 Å². The van der Waals surface area contributed by atoms with Crippen LogP contribution in [0.3, 0.4) is 0 Å². The smallest absolute Gasteiger partial charge is 0.193 e. The molecule has 0 radical (unpaired) electrons. The first-order chi connectivity index (χ1) is 11.9. The molecule has 0 aliphatic carbocycles. The summed E-state index contributed by atoms with van der Waals surface area (Å²) in [4.78, 5) is 4.47. The Balaban J connectivity index is 0.00000338. The first-order valence-corrected chi connectivity index (χ1v) is 8.28. The Morgan fingerprint density at radius 2 is 1.88 bits per heavy atom. The lowest BCUT2D eigenvalue weighted by molar-refractivity contribution is 0.405. The zero-order valence-electron chi connectivity index (χ0n) is 15.4. The van der Waals surface area contributed by atoms with Gasteiger partial charge in [0.25, 0.3) is 0 Å². The maximum atomic E-state index is 6.08. The van der Waals surface area contributed by atoms with E-state index in [2.05, 4.69) is 24.2 Å². The lowest BCUT2D eigenvalue weighted by Crippen LogP contribution is -2.28.